The van der Waals surface area contributed by atoms with Gasteiger partial charge in [-0.3, -0.25) is 24.1 Å². The van der Waals surface area contributed by atoms with Crippen LogP contribution in [0.15, 0.2) is 82.6 Å². The van der Waals surface area contributed by atoms with Crippen molar-refractivity contribution in [2.75, 3.05) is 16.8 Å². The first kappa shape index (κ1) is 28.1. The zero-order valence-electron chi connectivity index (χ0n) is 24.1. The van der Waals surface area contributed by atoms with Gasteiger partial charge in [-0.2, -0.15) is 0 Å². The van der Waals surface area contributed by atoms with Crippen LogP contribution in [0.2, 0.25) is 0 Å². The van der Waals surface area contributed by atoms with Gasteiger partial charge in [0.1, 0.15) is 11.5 Å². The van der Waals surface area contributed by atoms with Gasteiger partial charge in [0.25, 0.3) is 5.91 Å². The number of amides is 3. The number of nitrogens with one attached hydrogen (secondary N) is 2. The fraction of sp³-hybridized carbons (Fsp3) is 0.294. The molecule has 3 heterocycles. The van der Waals surface area contributed by atoms with Gasteiger partial charge >= 0.3 is 4.87 Å². The second kappa shape index (κ2) is 10.6. The number of thioether (sulfide) groups is 1. The lowest BCUT2D eigenvalue weighted by atomic mass is 9.68. The molecule has 2 bridgehead atoms. The standard InChI is InChI=1S/C34H29N3O6S2/c1-16-6-10-18(11-7-16)37-32(40)27-21-14-22(28(27)33(37)41)29-26(21)25(30-31(44-29)36-34(42)45-30)20-4-2-3-5-23(20)43-15-24(39)35-17-8-12-19(38)13-9-17/h2-13,21-22,25-29,38H,14-15H2,1H3,(H,35,39)(H,36,42)/t21-,22-,25+,26-,27+,28+,29-/m1/s1. The number of carbonyl (C=O) groups excluding carboxylic acids is 3. The number of nitrogens with zero attached hydrogens (tertiary/aromatic N) is 1. The summed E-state index contributed by atoms with van der Waals surface area (Å²) in [7, 11) is 0. The van der Waals surface area contributed by atoms with Crippen molar-refractivity contribution in [1.29, 1.82) is 0 Å². The van der Waals surface area contributed by atoms with Gasteiger partial charge in [0.2, 0.25) is 11.8 Å². The number of para-hydroxylation sites is 1. The molecule has 7 atom stereocenters. The van der Waals surface area contributed by atoms with Crippen molar-refractivity contribution in [1.82, 2.24) is 4.98 Å². The number of ether oxygens (including phenoxy) is 1. The van der Waals surface area contributed by atoms with Gasteiger partial charge in [-0.1, -0.05) is 47.2 Å². The van der Waals surface area contributed by atoms with E-state index in [0.29, 0.717) is 17.1 Å². The lowest BCUT2D eigenvalue weighted by Crippen LogP contribution is -2.42. The van der Waals surface area contributed by atoms with Gasteiger partial charge in [-0.15, -0.1) is 11.8 Å². The minimum Gasteiger partial charge on any atom is -0.508 e. The van der Waals surface area contributed by atoms with Gasteiger partial charge in [0.05, 0.1) is 22.5 Å². The first-order valence-corrected chi connectivity index (χ1v) is 16.6. The van der Waals surface area contributed by atoms with Gasteiger partial charge in [-0.25, -0.2) is 0 Å². The number of phenolic OH excluding ortho intramolecular Hbond substituents is 1. The van der Waals surface area contributed by atoms with Crippen LogP contribution in [0.4, 0.5) is 11.4 Å². The number of fused-ring (bicyclic) bond motifs is 9. The van der Waals surface area contributed by atoms with Crippen LogP contribution in [0.25, 0.3) is 0 Å². The van der Waals surface area contributed by atoms with Gasteiger partial charge in [-0.05, 0) is 73.6 Å². The van der Waals surface area contributed by atoms with Gasteiger partial charge < -0.3 is 20.1 Å². The number of anilines is 2. The van der Waals surface area contributed by atoms with E-state index in [4.69, 9.17) is 4.74 Å². The van der Waals surface area contributed by atoms with E-state index in [1.54, 1.807) is 23.9 Å². The summed E-state index contributed by atoms with van der Waals surface area (Å²) in [6.07, 6.45) is 0.782. The Morgan fingerprint density at radius 2 is 1.69 bits per heavy atom. The minimum absolute atomic E-state index is 0.00474. The van der Waals surface area contributed by atoms with Crippen molar-refractivity contribution in [2.45, 2.75) is 29.5 Å². The molecule has 0 unspecified atom stereocenters. The highest BCUT2D eigenvalue weighted by Crippen LogP contribution is 2.69. The van der Waals surface area contributed by atoms with E-state index in [2.05, 4.69) is 10.3 Å². The van der Waals surface area contributed by atoms with Crippen LogP contribution >= 0.6 is 23.1 Å². The molecule has 1 saturated heterocycles. The first-order chi connectivity index (χ1) is 21.8. The van der Waals surface area contributed by atoms with Crippen molar-refractivity contribution >= 4 is 52.2 Å². The maximum Gasteiger partial charge on any atom is 0.305 e. The van der Waals surface area contributed by atoms with Crippen molar-refractivity contribution in [3.05, 3.63) is 98.5 Å². The Bertz CT molecular complexity index is 1900. The zero-order valence-corrected chi connectivity index (χ0v) is 25.8. The molecule has 2 saturated carbocycles. The number of hydrogen-bond donors (Lipinski definition) is 3. The second-order valence-corrected chi connectivity index (χ2v) is 14.4. The molecule has 3 aromatic carbocycles. The number of carbonyl (C=O) groups is 3. The van der Waals surface area contributed by atoms with Crippen molar-refractivity contribution in [3.63, 3.8) is 0 Å². The summed E-state index contributed by atoms with van der Waals surface area (Å²) in [6.45, 7) is 1.74. The SMILES string of the molecule is Cc1ccc(N2C(=O)[C@H]3[C@H]4C[C@@H]([C@@H]3C2=O)[C@@H]2[C@H](c3ccccc3OCC(=O)Nc3ccc(O)cc3)c3sc(=O)[nH]c3S[C@H]42)cc1. The summed E-state index contributed by atoms with van der Waals surface area (Å²) in [5.41, 5.74) is 3.07. The average molecular weight is 640 g/mol. The minimum atomic E-state index is -0.408. The van der Waals surface area contributed by atoms with Crippen molar-refractivity contribution in [2.24, 2.45) is 29.6 Å². The lowest BCUT2D eigenvalue weighted by Gasteiger charge is -2.43. The van der Waals surface area contributed by atoms with E-state index in [0.717, 1.165) is 27.5 Å². The summed E-state index contributed by atoms with van der Waals surface area (Å²) in [5.74, 6) is -1.01. The van der Waals surface area contributed by atoms with Gasteiger partial charge in [0.15, 0.2) is 6.61 Å². The molecule has 9 nitrogen and oxygen atoms in total. The van der Waals surface area contributed by atoms with E-state index in [-0.39, 0.29) is 69.8 Å². The predicted octanol–water partition coefficient (Wildman–Crippen LogP) is 5.15. The number of aromatic hydroxyl groups is 1. The molecule has 2 aliphatic carbocycles. The highest BCUT2D eigenvalue weighted by atomic mass is 32.2. The van der Waals surface area contributed by atoms with Gasteiger partial charge in [0, 0.05) is 27.3 Å². The number of imide groups is 1. The monoisotopic (exact) mass is 639 g/mol. The molecule has 8 rings (SSSR count). The Kier molecular flexibility index (Phi) is 6.65. The van der Waals surface area contributed by atoms with Crippen LogP contribution in [0.5, 0.6) is 11.5 Å². The van der Waals surface area contributed by atoms with Crippen LogP contribution in [-0.2, 0) is 14.4 Å². The molecule has 3 fully saturated rings. The first-order valence-electron chi connectivity index (χ1n) is 14.9. The molecule has 3 N–H and O–H groups in total. The summed E-state index contributed by atoms with van der Waals surface area (Å²) in [4.78, 5) is 58.5. The zero-order chi connectivity index (χ0) is 31.0. The lowest BCUT2D eigenvalue weighted by molar-refractivity contribution is -0.123. The molecule has 4 aromatic rings. The van der Waals surface area contributed by atoms with Crippen LogP contribution in [0, 0.1) is 36.5 Å². The average Bonchev–Trinajstić information content (AvgIpc) is 3.77. The fourth-order valence-electron chi connectivity index (χ4n) is 8.07. The van der Waals surface area contributed by atoms with E-state index in [1.807, 2.05) is 55.5 Å². The number of aromatic amines is 1. The maximum atomic E-state index is 14.0. The van der Waals surface area contributed by atoms with Crippen LogP contribution < -0.4 is 19.8 Å². The number of rotatable bonds is 6. The normalized spacial score (nSPS) is 27.7. The predicted molar refractivity (Wildman–Crippen MR) is 171 cm³/mol. The van der Waals surface area contributed by atoms with E-state index < -0.39 is 5.92 Å². The number of thiazole rings is 1. The highest BCUT2D eigenvalue weighted by molar-refractivity contribution is 8.00. The number of benzene rings is 3. The fourth-order valence-corrected chi connectivity index (χ4v) is 10.9. The Hall–Kier alpha value is -4.35. The highest BCUT2D eigenvalue weighted by Gasteiger charge is 2.69. The quantitative estimate of drug-likeness (QED) is 0.197. The van der Waals surface area contributed by atoms with Crippen LogP contribution in [-0.4, -0.2) is 39.7 Å². The van der Waals surface area contributed by atoms with E-state index >= 15 is 0 Å². The number of phenols is 1. The number of H-pyrrole nitrogens is 1. The molecule has 3 amide bonds. The molecule has 228 valence electrons. The molecule has 45 heavy (non-hydrogen) atoms. The molecular weight excluding hydrogens is 611 g/mol. The van der Waals surface area contributed by atoms with Crippen molar-refractivity contribution in [3.8, 4) is 11.5 Å². The molecule has 2 aliphatic heterocycles. The van der Waals surface area contributed by atoms with Crippen molar-refractivity contribution < 1.29 is 24.2 Å². The topological polar surface area (TPSA) is 129 Å². The Morgan fingerprint density at radius 3 is 2.44 bits per heavy atom. The summed E-state index contributed by atoms with van der Waals surface area (Å²) < 4.78 is 6.13. The number of aryl methyl sites for hydroxylation is 1. The summed E-state index contributed by atoms with van der Waals surface area (Å²) in [5, 5.41) is 13.2. The third-order valence-corrected chi connectivity index (χ3v) is 12.4. The Labute approximate surface area is 266 Å². The molecule has 11 heteroatoms. The molecular formula is C34H29N3O6S2. The molecule has 0 radical (unpaired) electrons. The number of hydrogen-bond acceptors (Lipinski definition) is 8. The van der Waals surface area contributed by atoms with Crippen LogP contribution in [0.1, 0.15) is 28.3 Å². The largest absolute Gasteiger partial charge is 0.508 e. The Morgan fingerprint density at radius 1 is 0.978 bits per heavy atom. The summed E-state index contributed by atoms with van der Waals surface area (Å²) >= 11 is 2.82. The van der Waals surface area contributed by atoms with Crippen LogP contribution in [0.3, 0.4) is 0 Å². The Balaban J connectivity index is 1.12. The molecule has 0 spiro atoms. The summed E-state index contributed by atoms with van der Waals surface area (Å²) in [6, 6.07) is 21.3. The molecule has 1 aromatic heterocycles. The van der Waals surface area contributed by atoms with E-state index in [1.165, 1.54) is 28.4 Å². The number of aromatic nitrogens is 1. The third-order valence-electron chi connectivity index (χ3n) is 9.78. The third kappa shape index (κ3) is 4.51. The van der Waals surface area contributed by atoms with E-state index in [9.17, 15) is 24.3 Å². The maximum absolute atomic E-state index is 14.0. The second-order valence-electron chi connectivity index (χ2n) is 12.2. The molecule has 4 aliphatic rings. The smallest absolute Gasteiger partial charge is 0.305 e.